The average Bonchev–Trinajstić information content (AvgIpc) is 2.38. The van der Waals surface area contributed by atoms with Crippen molar-refractivity contribution in [2.75, 3.05) is 4.72 Å². The van der Waals surface area contributed by atoms with Crippen LogP contribution in [-0.2, 0) is 10.0 Å². The lowest BCUT2D eigenvalue weighted by Crippen LogP contribution is -2.14. The highest BCUT2D eigenvalue weighted by Crippen LogP contribution is 2.19. The summed E-state index contributed by atoms with van der Waals surface area (Å²) in [6.45, 7) is 3.18. The molecule has 0 saturated heterocycles. The largest absolute Gasteiger partial charge is 0.295 e. The normalized spacial score (nSPS) is 11.1. The summed E-state index contributed by atoms with van der Waals surface area (Å²) >= 11 is 0. The van der Waals surface area contributed by atoms with Crippen molar-refractivity contribution in [3.05, 3.63) is 59.7 Å². The van der Waals surface area contributed by atoms with Gasteiger partial charge in [0.15, 0.2) is 5.78 Å². The first-order chi connectivity index (χ1) is 9.40. The van der Waals surface area contributed by atoms with E-state index in [1.807, 2.05) is 0 Å². The van der Waals surface area contributed by atoms with Crippen LogP contribution >= 0.6 is 0 Å². The highest BCUT2D eigenvalue weighted by atomic mass is 32.2. The number of rotatable bonds is 4. The molecule has 0 fully saturated rings. The van der Waals surface area contributed by atoms with E-state index in [9.17, 15) is 13.2 Å². The molecule has 0 spiro atoms. The predicted molar refractivity (Wildman–Crippen MR) is 78.4 cm³/mol. The van der Waals surface area contributed by atoms with E-state index in [4.69, 9.17) is 0 Å². The number of carbonyl (C=O) groups excluding carboxylic acids is 1. The van der Waals surface area contributed by atoms with Crippen molar-refractivity contribution < 1.29 is 13.2 Å². The van der Waals surface area contributed by atoms with Crippen molar-refractivity contribution >= 4 is 21.5 Å². The molecule has 0 unspecified atom stereocenters. The molecule has 0 atom stereocenters. The molecule has 2 aromatic rings. The van der Waals surface area contributed by atoms with Crippen LogP contribution in [0.2, 0.25) is 0 Å². The first-order valence-corrected chi connectivity index (χ1v) is 7.58. The van der Waals surface area contributed by atoms with Gasteiger partial charge in [0.1, 0.15) is 0 Å². The van der Waals surface area contributed by atoms with E-state index < -0.39 is 10.0 Å². The molecule has 104 valence electrons. The Morgan fingerprint density at radius 3 is 2.40 bits per heavy atom. The van der Waals surface area contributed by atoms with E-state index in [2.05, 4.69) is 4.72 Å². The van der Waals surface area contributed by atoms with Crippen molar-refractivity contribution in [1.82, 2.24) is 0 Å². The maximum Gasteiger partial charge on any atom is 0.262 e. The van der Waals surface area contributed by atoms with E-state index in [-0.39, 0.29) is 10.7 Å². The number of nitrogens with one attached hydrogen (secondary N) is 1. The summed E-state index contributed by atoms with van der Waals surface area (Å²) < 4.78 is 27.1. The van der Waals surface area contributed by atoms with E-state index in [1.54, 1.807) is 49.4 Å². The molecular formula is C15H15NO3S. The Kier molecular flexibility index (Phi) is 3.90. The highest BCUT2D eigenvalue weighted by molar-refractivity contribution is 7.92. The van der Waals surface area contributed by atoms with Gasteiger partial charge in [0, 0.05) is 11.3 Å². The third-order valence-corrected chi connectivity index (χ3v) is 4.45. The van der Waals surface area contributed by atoms with Crippen LogP contribution in [0.4, 0.5) is 5.69 Å². The summed E-state index contributed by atoms with van der Waals surface area (Å²) in [4.78, 5) is 11.5. The quantitative estimate of drug-likeness (QED) is 0.880. The van der Waals surface area contributed by atoms with Crippen molar-refractivity contribution in [2.45, 2.75) is 18.7 Å². The van der Waals surface area contributed by atoms with Crippen LogP contribution in [0.5, 0.6) is 0 Å². The molecule has 0 radical (unpaired) electrons. The molecule has 20 heavy (non-hydrogen) atoms. The van der Waals surface area contributed by atoms with Crippen molar-refractivity contribution in [3.8, 4) is 0 Å². The minimum absolute atomic E-state index is 0.109. The molecule has 0 heterocycles. The molecular weight excluding hydrogens is 274 g/mol. The Morgan fingerprint density at radius 1 is 1.05 bits per heavy atom. The van der Waals surface area contributed by atoms with E-state index >= 15 is 0 Å². The average molecular weight is 289 g/mol. The SMILES string of the molecule is CC(=O)c1cccc(NS(=O)(=O)c2ccccc2C)c1. The zero-order chi connectivity index (χ0) is 14.8. The number of hydrogen-bond acceptors (Lipinski definition) is 3. The highest BCUT2D eigenvalue weighted by Gasteiger charge is 2.16. The fraction of sp³-hybridized carbons (Fsp3) is 0.133. The zero-order valence-corrected chi connectivity index (χ0v) is 12.1. The summed E-state index contributed by atoms with van der Waals surface area (Å²) in [5, 5.41) is 0. The van der Waals surface area contributed by atoms with E-state index in [0.717, 1.165) is 0 Å². The molecule has 0 aliphatic heterocycles. The fourth-order valence-electron chi connectivity index (χ4n) is 1.87. The van der Waals surface area contributed by atoms with Crippen LogP contribution in [0.3, 0.4) is 0 Å². The molecule has 2 rings (SSSR count). The first-order valence-electron chi connectivity index (χ1n) is 6.09. The van der Waals surface area contributed by atoms with Crippen LogP contribution < -0.4 is 4.72 Å². The molecule has 5 heteroatoms. The molecule has 2 aromatic carbocycles. The Balaban J connectivity index is 2.36. The molecule has 0 aliphatic rings. The number of ketones is 1. The van der Waals surface area contributed by atoms with Crippen LogP contribution in [0, 0.1) is 6.92 Å². The Morgan fingerprint density at radius 2 is 1.75 bits per heavy atom. The second-order valence-electron chi connectivity index (χ2n) is 4.51. The third kappa shape index (κ3) is 3.05. The topological polar surface area (TPSA) is 63.2 Å². The Hall–Kier alpha value is -2.14. The molecule has 1 N–H and O–H groups in total. The number of sulfonamides is 1. The van der Waals surface area contributed by atoms with Gasteiger partial charge in [-0.3, -0.25) is 9.52 Å². The van der Waals surface area contributed by atoms with Crippen LogP contribution in [0.25, 0.3) is 0 Å². The van der Waals surface area contributed by atoms with Crippen LogP contribution in [0.1, 0.15) is 22.8 Å². The summed E-state index contributed by atoms with van der Waals surface area (Å²) in [6, 6.07) is 13.2. The number of anilines is 1. The standard InChI is InChI=1S/C15H15NO3S/c1-11-6-3-4-9-15(11)20(18,19)16-14-8-5-7-13(10-14)12(2)17/h3-10,16H,1-2H3. The number of carbonyl (C=O) groups is 1. The Labute approximate surface area is 118 Å². The minimum Gasteiger partial charge on any atom is -0.295 e. The van der Waals surface area contributed by atoms with Gasteiger partial charge in [-0.2, -0.15) is 0 Å². The van der Waals surface area contributed by atoms with Crippen molar-refractivity contribution in [3.63, 3.8) is 0 Å². The van der Waals surface area contributed by atoms with Gasteiger partial charge in [-0.1, -0.05) is 30.3 Å². The van der Waals surface area contributed by atoms with Gasteiger partial charge in [-0.15, -0.1) is 0 Å². The molecule has 0 aliphatic carbocycles. The second-order valence-corrected chi connectivity index (χ2v) is 6.16. The number of aryl methyl sites for hydroxylation is 1. The number of hydrogen-bond donors (Lipinski definition) is 1. The molecule has 0 saturated carbocycles. The van der Waals surface area contributed by atoms with Gasteiger partial charge >= 0.3 is 0 Å². The molecule has 0 amide bonds. The lowest BCUT2D eigenvalue weighted by molar-refractivity contribution is 0.101. The maximum atomic E-state index is 12.3. The second kappa shape index (κ2) is 5.46. The number of Topliss-reactive ketones (excluding diaryl/α,β-unsaturated/α-hetero) is 1. The van der Waals surface area contributed by atoms with E-state index in [1.165, 1.54) is 13.0 Å². The molecule has 0 bridgehead atoms. The first kappa shape index (κ1) is 14.3. The Bertz CT molecular complexity index is 751. The third-order valence-electron chi connectivity index (χ3n) is 2.90. The van der Waals surface area contributed by atoms with Gasteiger partial charge in [-0.25, -0.2) is 8.42 Å². The van der Waals surface area contributed by atoms with Crippen molar-refractivity contribution in [1.29, 1.82) is 0 Å². The monoisotopic (exact) mass is 289 g/mol. The lowest BCUT2D eigenvalue weighted by Gasteiger charge is -2.10. The molecule has 4 nitrogen and oxygen atoms in total. The maximum absolute atomic E-state index is 12.3. The summed E-state index contributed by atoms with van der Waals surface area (Å²) in [7, 11) is -3.65. The lowest BCUT2D eigenvalue weighted by atomic mass is 10.1. The van der Waals surface area contributed by atoms with Gasteiger partial charge in [-0.05, 0) is 37.6 Å². The number of benzene rings is 2. The van der Waals surface area contributed by atoms with Gasteiger partial charge in [0.2, 0.25) is 0 Å². The summed E-state index contributed by atoms with van der Waals surface area (Å²) in [5.41, 5.74) is 1.51. The molecule has 0 aromatic heterocycles. The fourth-order valence-corrected chi connectivity index (χ4v) is 3.17. The van der Waals surface area contributed by atoms with Crippen LogP contribution in [-0.4, -0.2) is 14.2 Å². The van der Waals surface area contributed by atoms with Crippen molar-refractivity contribution in [2.24, 2.45) is 0 Å². The van der Waals surface area contributed by atoms with Gasteiger partial charge in [0.05, 0.1) is 4.90 Å². The van der Waals surface area contributed by atoms with E-state index in [0.29, 0.717) is 16.8 Å². The summed E-state index contributed by atoms with van der Waals surface area (Å²) in [6.07, 6.45) is 0. The van der Waals surface area contributed by atoms with Gasteiger partial charge < -0.3 is 0 Å². The summed E-state index contributed by atoms with van der Waals surface area (Å²) in [5.74, 6) is -0.109. The minimum atomic E-state index is -3.65. The zero-order valence-electron chi connectivity index (χ0n) is 11.3. The van der Waals surface area contributed by atoms with Gasteiger partial charge in [0.25, 0.3) is 10.0 Å². The smallest absolute Gasteiger partial charge is 0.262 e. The van der Waals surface area contributed by atoms with Crippen LogP contribution in [0.15, 0.2) is 53.4 Å². The predicted octanol–water partition coefficient (Wildman–Crippen LogP) is 3.00.